The molecule has 0 heterocycles. The first-order valence-corrected chi connectivity index (χ1v) is 14.9. The van der Waals surface area contributed by atoms with Crippen molar-refractivity contribution >= 4 is 20.1 Å². The molecule has 3 nitrogen and oxygen atoms in total. The van der Waals surface area contributed by atoms with Crippen LogP contribution in [0, 0.1) is 6.92 Å². The van der Waals surface area contributed by atoms with Crippen LogP contribution in [0.1, 0.15) is 115 Å². The highest BCUT2D eigenvalue weighted by Crippen LogP contribution is 2.54. The van der Waals surface area contributed by atoms with Gasteiger partial charge in [0.05, 0.1) is 0 Å². The molecule has 0 amide bonds. The predicted octanol–water partition coefficient (Wildman–Crippen LogP) is 8.81. The molecule has 0 radical (unpaired) electrons. The molecule has 0 fully saturated rings. The van der Waals surface area contributed by atoms with Crippen LogP contribution in [0.3, 0.4) is 0 Å². The smallest absolute Gasteiger partial charge is 0.188 e. The summed E-state index contributed by atoms with van der Waals surface area (Å²) in [6, 6.07) is 11.7. The van der Waals surface area contributed by atoms with E-state index < -0.39 is 0 Å². The number of unbranched alkanes of at least 4 members (excludes halogenated alkanes) is 2. The Labute approximate surface area is 229 Å². The fourth-order valence-electron chi connectivity index (χ4n) is 4.94. The van der Waals surface area contributed by atoms with E-state index in [-0.39, 0.29) is 22.8 Å². The fourth-order valence-corrected chi connectivity index (χ4v) is 6.71. The molecule has 0 bridgehead atoms. The number of nitrogens with zero attached hydrogens (tertiary/aromatic N) is 1. The lowest BCUT2D eigenvalue weighted by molar-refractivity contribution is 0.0485. The third-order valence-corrected chi connectivity index (χ3v) is 9.34. The molecule has 2 unspecified atom stereocenters. The highest BCUT2D eigenvalue weighted by molar-refractivity contribution is 7.48. The lowest BCUT2D eigenvalue weighted by Crippen LogP contribution is -2.28. The van der Waals surface area contributed by atoms with Crippen molar-refractivity contribution in [3.63, 3.8) is 0 Å². The summed E-state index contributed by atoms with van der Waals surface area (Å²) in [7, 11) is 4.18. The van der Waals surface area contributed by atoms with Crippen molar-refractivity contribution in [3.05, 3.63) is 58.1 Å². The maximum atomic E-state index is 6.52. The number of rotatable bonds is 12. The zero-order valence-electron chi connectivity index (χ0n) is 25.5. The minimum absolute atomic E-state index is 0.0322. The summed E-state index contributed by atoms with van der Waals surface area (Å²) in [5.41, 5.74) is 6.46. The van der Waals surface area contributed by atoms with Gasteiger partial charge in [0.25, 0.3) is 0 Å². The molecule has 0 aliphatic carbocycles. The number of methoxy groups -OCH3 is 1. The van der Waals surface area contributed by atoms with E-state index in [2.05, 4.69) is 97.6 Å². The van der Waals surface area contributed by atoms with Crippen molar-refractivity contribution in [3.8, 4) is 5.75 Å². The van der Waals surface area contributed by atoms with Gasteiger partial charge in [-0.15, -0.1) is 0 Å². The fraction of sp³-hybridized carbons (Fsp3) is 0.606. The van der Waals surface area contributed by atoms with Gasteiger partial charge in [0.2, 0.25) is 0 Å². The summed E-state index contributed by atoms with van der Waals surface area (Å²) in [5.74, 6) is 1.02. The van der Waals surface area contributed by atoms with Gasteiger partial charge in [-0.2, -0.15) is 0 Å². The molecule has 0 saturated heterocycles. The van der Waals surface area contributed by atoms with E-state index in [4.69, 9.17) is 9.47 Å². The Morgan fingerprint density at radius 3 is 2.14 bits per heavy atom. The van der Waals surface area contributed by atoms with E-state index >= 15 is 0 Å². The Kier molecular flexibility index (Phi) is 11.4. The Morgan fingerprint density at radius 2 is 1.59 bits per heavy atom. The van der Waals surface area contributed by atoms with E-state index in [0.717, 1.165) is 18.6 Å². The standard InChI is InChI=1S/C33H52NO2P/c1-12-14-15-18-33(13-2,37-29-17-16-24(3)19-25(29)22-34-10)28-21-26(31(4,5)6)20-27(32(7,8)9)30(28)36-23-35-11/h16-17,19-22,37H,12-15,18,23H2,1-11H3. The molecule has 0 aliphatic rings. The van der Waals surface area contributed by atoms with Crippen LogP contribution >= 0.6 is 8.58 Å². The summed E-state index contributed by atoms with van der Waals surface area (Å²) >= 11 is 0. The molecule has 0 saturated carbocycles. The molecule has 2 atom stereocenters. The summed E-state index contributed by atoms with van der Waals surface area (Å²) < 4.78 is 12.0. The van der Waals surface area contributed by atoms with Gasteiger partial charge >= 0.3 is 0 Å². The quantitative estimate of drug-likeness (QED) is 0.120. The number of hydrogen-bond donors (Lipinski definition) is 0. The molecule has 0 N–H and O–H groups in total. The average molecular weight is 526 g/mol. The van der Waals surface area contributed by atoms with E-state index in [1.54, 1.807) is 7.11 Å². The van der Waals surface area contributed by atoms with E-state index in [9.17, 15) is 0 Å². The SMILES string of the molecule is CCCCCC(CC)(Pc1ccc(C)cc1C=NC)c1cc(C(C)(C)C)cc(C(C)(C)C)c1OCOC. The van der Waals surface area contributed by atoms with Crippen molar-refractivity contribution in [1.82, 2.24) is 0 Å². The molecule has 4 heteroatoms. The molecule has 0 aromatic heterocycles. The van der Waals surface area contributed by atoms with Gasteiger partial charge in [0, 0.05) is 36.7 Å². The van der Waals surface area contributed by atoms with E-state index in [1.165, 1.54) is 52.4 Å². The maximum absolute atomic E-state index is 6.52. The van der Waals surface area contributed by atoms with Crippen molar-refractivity contribution in [2.24, 2.45) is 4.99 Å². The largest absolute Gasteiger partial charge is 0.467 e. The zero-order chi connectivity index (χ0) is 27.9. The lowest BCUT2D eigenvalue weighted by Gasteiger charge is -2.39. The first kappa shape index (κ1) is 31.5. The van der Waals surface area contributed by atoms with Crippen LogP contribution in [0.15, 0.2) is 35.3 Å². The van der Waals surface area contributed by atoms with Crippen molar-refractivity contribution < 1.29 is 9.47 Å². The van der Waals surface area contributed by atoms with Crippen LogP contribution < -0.4 is 10.0 Å². The summed E-state index contributed by atoms with van der Waals surface area (Å²) in [4.78, 5) is 4.40. The zero-order valence-corrected chi connectivity index (χ0v) is 26.5. The van der Waals surface area contributed by atoms with Gasteiger partial charge in [-0.3, -0.25) is 4.99 Å². The van der Waals surface area contributed by atoms with Crippen molar-refractivity contribution in [1.29, 1.82) is 0 Å². The third kappa shape index (κ3) is 8.14. The first-order chi connectivity index (χ1) is 17.3. The van der Waals surface area contributed by atoms with Crippen LogP contribution in [-0.2, 0) is 20.7 Å². The van der Waals surface area contributed by atoms with Crippen LogP contribution in [0.4, 0.5) is 0 Å². The minimum Gasteiger partial charge on any atom is -0.467 e. The van der Waals surface area contributed by atoms with Gasteiger partial charge in [-0.1, -0.05) is 113 Å². The normalized spacial score (nSPS) is 14.6. The molecule has 2 rings (SSSR count). The predicted molar refractivity (Wildman–Crippen MR) is 165 cm³/mol. The highest BCUT2D eigenvalue weighted by Gasteiger charge is 2.38. The number of ether oxygens (including phenoxy) is 2. The Hall–Kier alpha value is -1.70. The lowest BCUT2D eigenvalue weighted by atomic mass is 9.76. The highest BCUT2D eigenvalue weighted by atomic mass is 31.1. The van der Waals surface area contributed by atoms with Gasteiger partial charge in [-0.05, 0) is 53.1 Å². The summed E-state index contributed by atoms with van der Waals surface area (Å²) in [5, 5.41) is 1.34. The molecule has 2 aromatic carbocycles. The Balaban J connectivity index is 2.93. The third-order valence-electron chi connectivity index (χ3n) is 7.26. The molecule has 206 valence electrons. The molecule has 37 heavy (non-hydrogen) atoms. The maximum Gasteiger partial charge on any atom is 0.188 e. The van der Waals surface area contributed by atoms with E-state index in [0.29, 0.717) is 8.58 Å². The topological polar surface area (TPSA) is 30.8 Å². The Bertz CT molecular complexity index is 1050. The van der Waals surface area contributed by atoms with E-state index in [1.807, 2.05) is 13.3 Å². The van der Waals surface area contributed by atoms with Gasteiger partial charge < -0.3 is 9.47 Å². The van der Waals surface area contributed by atoms with Crippen LogP contribution in [-0.4, -0.2) is 27.2 Å². The summed E-state index contributed by atoms with van der Waals surface area (Å²) in [6.45, 7) is 20.9. The number of hydrogen-bond acceptors (Lipinski definition) is 3. The van der Waals surface area contributed by atoms with Gasteiger partial charge in [-0.25, -0.2) is 0 Å². The minimum atomic E-state index is -0.0605. The van der Waals surface area contributed by atoms with Crippen molar-refractivity contribution in [2.75, 3.05) is 21.0 Å². The van der Waals surface area contributed by atoms with Gasteiger partial charge in [0.1, 0.15) is 5.75 Å². The molecular formula is C33H52NO2P. The summed E-state index contributed by atoms with van der Waals surface area (Å²) in [6.07, 6.45) is 7.86. The molecule has 0 spiro atoms. The van der Waals surface area contributed by atoms with Crippen molar-refractivity contribution in [2.45, 2.75) is 110 Å². The first-order valence-electron chi connectivity index (χ1n) is 13.9. The second kappa shape index (κ2) is 13.4. The number of benzene rings is 2. The van der Waals surface area contributed by atoms with Crippen LogP contribution in [0.25, 0.3) is 0 Å². The average Bonchev–Trinajstić information content (AvgIpc) is 2.82. The van der Waals surface area contributed by atoms with Crippen LogP contribution in [0.5, 0.6) is 5.75 Å². The van der Waals surface area contributed by atoms with Crippen LogP contribution in [0.2, 0.25) is 0 Å². The molecule has 2 aromatic rings. The second-order valence-corrected chi connectivity index (χ2v) is 14.2. The molecule has 0 aliphatic heterocycles. The molecular weight excluding hydrogens is 473 g/mol. The number of aryl methyl sites for hydroxylation is 1. The monoisotopic (exact) mass is 525 g/mol. The second-order valence-electron chi connectivity index (χ2n) is 12.4. The Morgan fingerprint density at radius 1 is 0.919 bits per heavy atom. The number of aliphatic imine (C=N–C) groups is 1. The van der Waals surface area contributed by atoms with Gasteiger partial charge in [0.15, 0.2) is 6.79 Å².